The summed E-state index contributed by atoms with van der Waals surface area (Å²) in [5.41, 5.74) is 1.10. The van der Waals surface area contributed by atoms with Crippen LogP contribution in [0.5, 0.6) is 0 Å². The van der Waals surface area contributed by atoms with Crippen LogP contribution in [0.2, 0.25) is 0 Å². The first kappa shape index (κ1) is 8.60. The zero-order valence-electron chi connectivity index (χ0n) is 7.00. The van der Waals surface area contributed by atoms with Gasteiger partial charge in [-0.25, -0.2) is 0 Å². The molecule has 1 aromatic rings. The topological polar surface area (TPSA) is 12.9 Å². The molecule has 0 aliphatic carbocycles. The molecule has 1 heterocycles. The Bertz CT molecular complexity index is 223. The van der Waals surface area contributed by atoms with Crippen molar-refractivity contribution in [3.8, 4) is 0 Å². The molecule has 0 N–H and O–H groups in total. The zero-order valence-corrected chi connectivity index (χ0v) is 7.82. The van der Waals surface area contributed by atoms with Gasteiger partial charge in [0.2, 0.25) is 0 Å². The summed E-state index contributed by atoms with van der Waals surface area (Å²) in [7, 11) is 0. The van der Waals surface area contributed by atoms with Gasteiger partial charge < -0.3 is 0 Å². The molecule has 0 bridgehead atoms. The van der Waals surface area contributed by atoms with E-state index in [9.17, 15) is 0 Å². The standard InChI is InChI=1S/C9H13NS/c1-3-6-11-9-4-5-10-8(2)7-9/h4-5,7H,3,6H2,1-2H3. The molecule has 0 aliphatic heterocycles. The van der Waals surface area contributed by atoms with Crippen LogP contribution in [-0.4, -0.2) is 10.7 Å². The van der Waals surface area contributed by atoms with Gasteiger partial charge in [-0.1, -0.05) is 6.92 Å². The van der Waals surface area contributed by atoms with Crippen LogP contribution in [0.25, 0.3) is 0 Å². The summed E-state index contributed by atoms with van der Waals surface area (Å²) in [4.78, 5) is 5.47. The molecule has 0 unspecified atom stereocenters. The van der Waals surface area contributed by atoms with Crippen molar-refractivity contribution >= 4 is 11.8 Å². The van der Waals surface area contributed by atoms with Crippen LogP contribution < -0.4 is 0 Å². The molecule has 0 saturated carbocycles. The summed E-state index contributed by atoms with van der Waals surface area (Å²) in [5, 5.41) is 0. The first-order valence-electron chi connectivity index (χ1n) is 3.88. The first-order valence-corrected chi connectivity index (χ1v) is 4.87. The van der Waals surface area contributed by atoms with Crippen LogP contribution in [0.15, 0.2) is 23.2 Å². The minimum absolute atomic E-state index is 1.10. The normalized spacial score (nSPS) is 10.0. The maximum absolute atomic E-state index is 4.13. The van der Waals surface area contributed by atoms with Crippen molar-refractivity contribution in [1.29, 1.82) is 0 Å². The number of pyridine rings is 1. The van der Waals surface area contributed by atoms with Crippen LogP contribution >= 0.6 is 11.8 Å². The Morgan fingerprint density at radius 2 is 2.36 bits per heavy atom. The molecule has 11 heavy (non-hydrogen) atoms. The number of aromatic nitrogens is 1. The minimum Gasteiger partial charge on any atom is -0.262 e. The van der Waals surface area contributed by atoms with E-state index < -0.39 is 0 Å². The molecule has 0 radical (unpaired) electrons. The van der Waals surface area contributed by atoms with Crippen LogP contribution in [0.3, 0.4) is 0 Å². The van der Waals surface area contributed by atoms with Crippen molar-refractivity contribution in [2.75, 3.05) is 5.75 Å². The number of thioether (sulfide) groups is 1. The van der Waals surface area contributed by atoms with Crippen LogP contribution in [0, 0.1) is 6.92 Å². The number of hydrogen-bond donors (Lipinski definition) is 0. The van der Waals surface area contributed by atoms with E-state index >= 15 is 0 Å². The molecule has 1 aromatic heterocycles. The lowest BCUT2D eigenvalue weighted by Crippen LogP contribution is -1.81. The fourth-order valence-electron chi connectivity index (χ4n) is 0.829. The van der Waals surface area contributed by atoms with E-state index in [2.05, 4.69) is 24.0 Å². The average Bonchev–Trinajstić information content (AvgIpc) is 2.01. The second-order valence-corrected chi connectivity index (χ2v) is 3.65. The zero-order chi connectivity index (χ0) is 8.10. The van der Waals surface area contributed by atoms with E-state index in [4.69, 9.17) is 0 Å². The molecule has 0 amide bonds. The molecule has 0 atom stereocenters. The Morgan fingerprint density at radius 3 is 3.00 bits per heavy atom. The molecule has 2 heteroatoms. The predicted molar refractivity (Wildman–Crippen MR) is 50.0 cm³/mol. The van der Waals surface area contributed by atoms with Crippen molar-refractivity contribution in [1.82, 2.24) is 4.98 Å². The van der Waals surface area contributed by atoms with Crippen molar-refractivity contribution < 1.29 is 0 Å². The molecule has 0 saturated heterocycles. The van der Waals surface area contributed by atoms with Gasteiger partial charge in [0, 0.05) is 16.8 Å². The summed E-state index contributed by atoms with van der Waals surface area (Å²) >= 11 is 1.89. The Morgan fingerprint density at radius 1 is 1.55 bits per heavy atom. The van der Waals surface area contributed by atoms with Crippen molar-refractivity contribution in [2.45, 2.75) is 25.2 Å². The van der Waals surface area contributed by atoms with Crippen molar-refractivity contribution in [3.63, 3.8) is 0 Å². The molecule has 0 aromatic carbocycles. The highest BCUT2D eigenvalue weighted by Gasteiger charge is 1.92. The predicted octanol–water partition coefficient (Wildman–Crippen LogP) is 2.89. The van der Waals surface area contributed by atoms with Gasteiger partial charge >= 0.3 is 0 Å². The second-order valence-electron chi connectivity index (χ2n) is 2.48. The third-order valence-corrected chi connectivity index (χ3v) is 2.54. The lowest BCUT2D eigenvalue weighted by molar-refractivity contribution is 1.10. The monoisotopic (exact) mass is 167 g/mol. The summed E-state index contributed by atoms with van der Waals surface area (Å²) in [6.07, 6.45) is 3.10. The van der Waals surface area contributed by atoms with Gasteiger partial charge in [-0.05, 0) is 31.2 Å². The second kappa shape index (κ2) is 4.39. The molecule has 1 nitrogen and oxygen atoms in total. The van der Waals surface area contributed by atoms with E-state index in [1.165, 1.54) is 17.1 Å². The average molecular weight is 167 g/mol. The fourth-order valence-corrected chi connectivity index (χ4v) is 1.68. The maximum Gasteiger partial charge on any atom is 0.0383 e. The van der Waals surface area contributed by atoms with Gasteiger partial charge in [-0.15, -0.1) is 11.8 Å². The van der Waals surface area contributed by atoms with E-state index in [-0.39, 0.29) is 0 Å². The molecular formula is C9H13NS. The lowest BCUT2D eigenvalue weighted by Gasteiger charge is -1.98. The maximum atomic E-state index is 4.13. The summed E-state index contributed by atoms with van der Waals surface area (Å²) < 4.78 is 0. The Balaban J connectivity index is 2.56. The molecule has 60 valence electrons. The fraction of sp³-hybridized carbons (Fsp3) is 0.444. The van der Waals surface area contributed by atoms with Crippen LogP contribution in [0.1, 0.15) is 19.0 Å². The summed E-state index contributed by atoms with van der Waals surface area (Å²) in [5.74, 6) is 1.20. The molecular weight excluding hydrogens is 154 g/mol. The number of nitrogens with zero attached hydrogens (tertiary/aromatic N) is 1. The van der Waals surface area contributed by atoms with Gasteiger partial charge in [-0.3, -0.25) is 4.98 Å². The highest BCUT2D eigenvalue weighted by molar-refractivity contribution is 7.99. The highest BCUT2D eigenvalue weighted by Crippen LogP contribution is 2.17. The molecule has 0 spiro atoms. The van der Waals surface area contributed by atoms with Gasteiger partial charge in [0.05, 0.1) is 0 Å². The SMILES string of the molecule is CCCSc1ccnc(C)c1. The van der Waals surface area contributed by atoms with Gasteiger partial charge in [0.15, 0.2) is 0 Å². The van der Waals surface area contributed by atoms with Crippen molar-refractivity contribution in [3.05, 3.63) is 24.0 Å². The van der Waals surface area contributed by atoms with Crippen LogP contribution in [-0.2, 0) is 0 Å². The summed E-state index contributed by atoms with van der Waals surface area (Å²) in [6, 6.07) is 4.19. The smallest absolute Gasteiger partial charge is 0.0383 e. The Labute approximate surface area is 72.2 Å². The largest absolute Gasteiger partial charge is 0.262 e. The van der Waals surface area contributed by atoms with E-state index in [0.29, 0.717) is 0 Å². The molecule has 0 aliphatic rings. The molecule has 0 fully saturated rings. The third kappa shape index (κ3) is 2.93. The Hall–Kier alpha value is -0.500. The highest BCUT2D eigenvalue weighted by atomic mass is 32.2. The number of rotatable bonds is 3. The summed E-state index contributed by atoms with van der Waals surface area (Å²) in [6.45, 7) is 4.22. The number of hydrogen-bond acceptors (Lipinski definition) is 2. The third-order valence-electron chi connectivity index (χ3n) is 1.34. The minimum atomic E-state index is 1.10. The quantitative estimate of drug-likeness (QED) is 0.642. The van der Waals surface area contributed by atoms with Crippen LogP contribution in [0.4, 0.5) is 0 Å². The van der Waals surface area contributed by atoms with E-state index in [0.717, 1.165) is 5.69 Å². The molecule has 1 rings (SSSR count). The van der Waals surface area contributed by atoms with Gasteiger partial charge in [-0.2, -0.15) is 0 Å². The van der Waals surface area contributed by atoms with E-state index in [1.807, 2.05) is 24.9 Å². The number of aryl methyl sites for hydroxylation is 1. The van der Waals surface area contributed by atoms with Gasteiger partial charge in [0.25, 0.3) is 0 Å². The van der Waals surface area contributed by atoms with E-state index in [1.54, 1.807) is 0 Å². The Kier molecular flexibility index (Phi) is 3.43. The lowest BCUT2D eigenvalue weighted by atomic mass is 10.4. The first-order chi connectivity index (χ1) is 5.33. The van der Waals surface area contributed by atoms with Crippen molar-refractivity contribution in [2.24, 2.45) is 0 Å². The van der Waals surface area contributed by atoms with Gasteiger partial charge in [0.1, 0.15) is 0 Å².